The van der Waals surface area contributed by atoms with E-state index < -0.39 is 29.1 Å². The van der Waals surface area contributed by atoms with Crippen molar-refractivity contribution in [2.45, 2.75) is 63.4 Å². The Balaban J connectivity index is 1.33. The third-order valence-electron chi connectivity index (χ3n) is 10.4. The summed E-state index contributed by atoms with van der Waals surface area (Å²) in [6, 6.07) is 16.9. The second kappa shape index (κ2) is 10.5. The molecule has 234 valence electrons. The van der Waals surface area contributed by atoms with Crippen LogP contribution in [0.1, 0.15) is 56.0 Å². The Morgan fingerprint density at radius 1 is 1.13 bits per heavy atom. The number of carbonyl (C=O) groups is 3. The number of likely N-dealkylation sites (tertiary alicyclic amines) is 1. The monoisotopic (exact) mass is 609 g/mol. The summed E-state index contributed by atoms with van der Waals surface area (Å²) in [4.78, 5) is 47.0. The summed E-state index contributed by atoms with van der Waals surface area (Å²) in [6.45, 7) is 9.86. The second-order valence-corrected chi connectivity index (χ2v) is 13.4. The van der Waals surface area contributed by atoms with Crippen molar-refractivity contribution in [3.63, 3.8) is 0 Å². The van der Waals surface area contributed by atoms with E-state index in [0.717, 1.165) is 29.3 Å². The van der Waals surface area contributed by atoms with E-state index in [1.807, 2.05) is 61.5 Å². The minimum Gasteiger partial charge on any atom is -0.394 e. The lowest BCUT2D eigenvalue weighted by molar-refractivity contribution is -0.150. The second-order valence-electron chi connectivity index (χ2n) is 13.4. The quantitative estimate of drug-likeness (QED) is 0.378. The highest BCUT2D eigenvalue weighted by atomic mass is 16.5. The van der Waals surface area contributed by atoms with E-state index in [9.17, 15) is 24.6 Å². The van der Waals surface area contributed by atoms with E-state index in [2.05, 4.69) is 6.58 Å². The van der Waals surface area contributed by atoms with Gasteiger partial charge in [0.25, 0.3) is 11.8 Å². The highest BCUT2D eigenvalue weighted by molar-refractivity contribution is 6.28. The summed E-state index contributed by atoms with van der Waals surface area (Å²) >= 11 is 0. The Labute approximate surface area is 262 Å². The number of fused-ring (bicyclic) bond motifs is 2. The van der Waals surface area contributed by atoms with Crippen molar-refractivity contribution in [2.75, 3.05) is 29.5 Å². The zero-order valence-corrected chi connectivity index (χ0v) is 25.9. The van der Waals surface area contributed by atoms with E-state index in [0.29, 0.717) is 29.0 Å². The number of hydrogen-bond donors (Lipinski definition) is 2. The normalized spacial score (nSPS) is 27.4. The number of rotatable bonds is 7. The van der Waals surface area contributed by atoms with Crippen LogP contribution in [-0.2, 0) is 19.9 Å². The molecular formula is C36H39N3O6. The van der Waals surface area contributed by atoms with Crippen LogP contribution in [0.25, 0.3) is 10.8 Å². The molecule has 4 aliphatic rings. The Kier molecular flexibility index (Phi) is 6.92. The minimum atomic E-state index is -1.49. The van der Waals surface area contributed by atoms with Crippen molar-refractivity contribution in [3.8, 4) is 0 Å². The first-order chi connectivity index (χ1) is 21.5. The van der Waals surface area contributed by atoms with E-state index in [-0.39, 0.29) is 43.3 Å². The average molecular weight is 610 g/mol. The molecule has 3 aromatic rings. The number of ether oxygens (including phenoxy) is 1. The molecule has 3 aromatic carbocycles. The predicted octanol–water partition coefficient (Wildman–Crippen LogP) is 4.66. The molecule has 2 fully saturated rings. The fourth-order valence-corrected chi connectivity index (χ4v) is 8.53. The van der Waals surface area contributed by atoms with Crippen LogP contribution in [0.15, 0.2) is 67.3 Å². The maximum absolute atomic E-state index is 14.5. The molecule has 2 saturated heterocycles. The molecule has 4 aliphatic heterocycles. The highest BCUT2D eigenvalue weighted by Crippen LogP contribution is 2.59. The smallest absolute Gasteiger partial charge is 0.264 e. The molecule has 2 N–H and O–H groups in total. The molecule has 0 bridgehead atoms. The van der Waals surface area contributed by atoms with Crippen LogP contribution in [0.2, 0.25) is 0 Å². The van der Waals surface area contributed by atoms with Crippen molar-refractivity contribution in [3.05, 3.63) is 78.4 Å². The van der Waals surface area contributed by atoms with Gasteiger partial charge in [0.2, 0.25) is 5.91 Å². The van der Waals surface area contributed by atoms with Crippen LogP contribution in [0, 0.1) is 11.8 Å². The molecule has 7 rings (SSSR count). The van der Waals surface area contributed by atoms with Gasteiger partial charge < -0.3 is 24.7 Å². The van der Waals surface area contributed by atoms with Gasteiger partial charge in [-0.1, -0.05) is 37.3 Å². The Morgan fingerprint density at radius 3 is 2.60 bits per heavy atom. The van der Waals surface area contributed by atoms with Crippen molar-refractivity contribution >= 4 is 45.6 Å². The first kappa shape index (κ1) is 29.6. The fraction of sp³-hybridized carbons (Fsp3) is 0.417. The highest BCUT2D eigenvalue weighted by Gasteiger charge is 2.66. The topological polar surface area (TPSA) is 111 Å². The molecule has 3 amide bonds. The Bertz CT molecular complexity index is 1740. The Morgan fingerprint density at radius 2 is 1.89 bits per heavy atom. The van der Waals surface area contributed by atoms with Crippen molar-refractivity contribution in [2.24, 2.45) is 11.8 Å². The SMILES string of the molecule is C=CCN1C(=O)[C@@]2(O[C@@H](CC(=O)N3CCC[C@H]3CO)[C@H](C(C)(C)O)[C@H]2C)c2cc(N3C(=O)c4cccc5cccc3c45)ccc21. The summed E-state index contributed by atoms with van der Waals surface area (Å²) in [7, 11) is 0. The number of benzene rings is 3. The van der Waals surface area contributed by atoms with Gasteiger partial charge in [0.05, 0.1) is 47.7 Å². The maximum atomic E-state index is 14.5. The molecule has 9 heteroatoms. The number of amides is 3. The molecule has 0 radical (unpaired) electrons. The third-order valence-corrected chi connectivity index (χ3v) is 10.4. The lowest BCUT2D eigenvalue weighted by Crippen LogP contribution is -2.46. The number of carbonyl (C=O) groups excluding carboxylic acids is 3. The van der Waals surface area contributed by atoms with Crippen LogP contribution in [-0.4, -0.2) is 70.3 Å². The molecule has 9 nitrogen and oxygen atoms in total. The fourth-order valence-electron chi connectivity index (χ4n) is 8.53. The van der Waals surface area contributed by atoms with Gasteiger partial charge in [0.15, 0.2) is 5.60 Å². The number of nitrogens with zero attached hydrogens (tertiary/aromatic N) is 3. The van der Waals surface area contributed by atoms with E-state index in [1.165, 1.54) is 0 Å². The molecule has 0 aromatic heterocycles. The summed E-state index contributed by atoms with van der Waals surface area (Å²) in [5.41, 5.74) is 0.490. The van der Waals surface area contributed by atoms with Gasteiger partial charge in [-0.2, -0.15) is 0 Å². The van der Waals surface area contributed by atoms with Crippen LogP contribution < -0.4 is 9.80 Å². The largest absolute Gasteiger partial charge is 0.394 e. The first-order valence-corrected chi connectivity index (χ1v) is 15.8. The van der Waals surface area contributed by atoms with Gasteiger partial charge in [-0.05, 0) is 62.4 Å². The van der Waals surface area contributed by atoms with E-state index in [4.69, 9.17) is 4.74 Å². The number of anilines is 3. The van der Waals surface area contributed by atoms with Crippen LogP contribution >= 0.6 is 0 Å². The van der Waals surface area contributed by atoms with Gasteiger partial charge in [-0.15, -0.1) is 6.58 Å². The molecule has 0 aliphatic carbocycles. The number of aliphatic hydroxyl groups excluding tert-OH is 1. The third kappa shape index (κ3) is 4.21. The summed E-state index contributed by atoms with van der Waals surface area (Å²) in [5, 5.41) is 23.2. The van der Waals surface area contributed by atoms with Crippen LogP contribution in [0.3, 0.4) is 0 Å². The zero-order chi connectivity index (χ0) is 31.8. The summed E-state index contributed by atoms with van der Waals surface area (Å²) < 4.78 is 6.84. The minimum absolute atomic E-state index is 0.0249. The standard InChI is InChI=1S/C36H39N3O6/c1-5-16-38-27-15-14-23(39-28-13-7-10-22-9-6-12-25(31(22)28)33(39)42)18-26(27)36(34(38)43)21(2)32(35(3,4)44)29(45-36)19-30(41)37-17-8-11-24(37)20-40/h5-7,9-10,12-15,18,21,24,29,32,40,44H,1,8,11,16-17,19-20H2,2-4H3/t21-,24+,29+,32-,36+/m1/s1. The van der Waals surface area contributed by atoms with E-state index in [1.54, 1.807) is 34.6 Å². The summed E-state index contributed by atoms with van der Waals surface area (Å²) in [5.74, 6) is -1.67. The van der Waals surface area contributed by atoms with Gasteiger partial charge in [-0.3, -0.25) is 19.3 Å². The van der Waals surface area contributed by atoms with Crippen molar-refractivity contribution in [1.29, 1.82) is 0 Å². The van der Waals surface area contributed by atoms with Crippen LogP contribution in [0.4, 0.5) is 17.1 Å². The number of hydrogen-bond acceptors (Lipinski definition) is 6. The van der Waals surface area contributed by atoms with Crippen molar-refractivity contribution < 1.29 is 29.3 Å². The summed E-state index contributed by atoms with van der Waals surface area (Å²) in [6.07, 6.45) is 2.43. The van der Waals surface area contributed by atoms with Crippen molar-refractivity contribution in [1.82, 2.24) is 4.90 Å². The average Bonchev–Trinajstić information content (AvgIpc) is 3.74. The van der Waals surface area contributed by atoms with Gasteiger partial charge >= 0.3 is 0 Å². The van der Waals surface area contributed by atoms with Gasteiger partial charge in [-0.25, -0.2) is 0 Å². The lowest BCUT2D eigenvalue weighted by atomic mass is 9.70. The Hall–Kier alpha value is -4.05. The molecular weight excluding hydrogens is 570 g/mol. The zero-order valence-electron chi connectivity index (χ0n) is 25.9. The molecule has 45 heavy (non-hydrogen) atoms. The van der Waals surface area contributed by atoms with Crippen LogP contribution in [0.5, 0.6) is 0 Å². The maximum Gasteiger partial charge on any atom is 0.264 e. The molecule has 4 heterocycles. The van der Waals surface area contributed by atoms with Gasteiger partial charge in [0, 0.05) is 41.6 Å². The predicted molar refractivity (Wildman–Crippen MR) is 171 cm³/mol. The number of aliphatic hydroxyl groups is 2. The van der Waals surface area contributed by atoms with E-state index >= 15 is 0 Å². The first-order valence-electron chi connectivity index (χ1n) is 15.8. The molecule has 0 unspecified atom stereocenters. The lowest BCUT2D eigenvalue weighted by Gasteiger charge is -2.34. The van der Waals surface area contributed by atoms with Gasteiger partial charge in [0.1, 0.15) is 0 Å². The molecule has 5 atom stereocenters. The molecule has 1 spiro atoms. The molecule has 0 saturated carbocycles.